The number of phenols is 1. The van der Waals surface area contributed by atoms with Crippen LogP contribution in [-0.4, -0.2) is 27.8 Å². The predicted molar refractivity (Wildman–Crippen MR) is 117 cm³/mol. The molecular weight excluding hydrogens is 420 g/mol. The number of nitrogens with one attached hydrogen (secondary N) is 1. The van der Waals surface area contributed by atoms with Crippen molar-refractivity contribution >= 4 is 17.4 Å². The first-order valence-corrected chi connectivity index (χ1v) is 10.7. The van der Waals surface area contributed by atoms with Gasteiger partial charge in [0, 0.05) is 23.6 Å². The van der Waals surface area contributed by atoms with Gasteiger partial charge in [0.2, 0.25) is 5.78 Å². The number of carbonyl (C=O) groups excluding carboxylic acids is 2. The van der Waals surface area contributed by atoms with E-state index in [0.29, 0.717) is 17.5 Å². The van der Waals surface area contributed by atoms with Crippen LogP contribution in [-0.2, 0) is 22.6 Å². The molecule has 3 heterocycles. The highest BCUT2D eigenvalue weighted by Gasteiger charge is 2.44. The molecule has 0 aliphatic carbocycles. The molecule has 0 radical (unpaired) electrons. The molecule has 2 unspecified atom stereocenters. The average Bonchev–Trinajstić information content (AvgIpc) is 3.30. The minimum Gasteiger partial charge on any atom is -0.872 e. The highest BCUT2D eigenvalue weighted by Crippen LogP contribution is 2.41. The topological polar surface area (TPSA) is 104 Å². The van der Waals surface area contributed by atoms with Crippen LogP contribution in [0.4, 0.5) is 0 Å². The Morgan fingerprint density at radius 3 is 2.79 bits per heavy atom. The van der Waals surface area contributed by atoms with Gasteiger partial charge in [0.05, 0.1) is 12.6 Å². The van der Waals surface area contributed by atoms with Gasteiger partial charge < -0.3 is 19.8 Å². The number of phenolic OH excluding ortho intramolecular Hbond substituents is 1. The van der Waals surface area contributed by atoms with Crippen LogP contribution in [0.1, 0.15) is 35.2 Å². The Kier molecular flexibility index (Phi) is 5.09. The van der Waals surface area contributed by atoms with Gasteiger partial charge in [-0.05, 0) is 53.9 Å². The fraction of sp³-hybridized carbons (Fsp3) is 0.192. The first-order chi connectivity index (χ1) is 15.9. The number of Topliss-reactive ketones (excluding diaryl/α,β-unsaturated/α-hetero) is 1. The van der Waals surface area contributed by atoms with E-state index in [4.69, 9.17) is 4.74 Å². The lowest BCUT2D eigenvalue weighted by atomic mass is 9.94. The van der Waals surface area contributed by atoms with Crippen molar-refractivity contribution < 1.29 is 29.5 Å². The molecule has 1 saturated heterocycles. The van der Waals surface area contributed by atoms with Gasteiger partial charge in [0.25, 0.3) is 5.91 Å². The second kappa shape index (κ2) is 8.09. The van der Waals surface area contributed by atoms with Gasteiger partial charge >= 0.3 is 0 Å². The highest BCUT2D eigenvalue weighted by molar-refractivity contribution is 6.46. The Labute approximate surface area is 190 Å². The lowest BCUT2D eigenvalue weighted by molar-refractivity contribution is -0.378. The summed E-state index contributed by atoms with van der Waals surface area (Å²) < 4.78 is 5.71. The number of aromatic hydroxyl groups is 1. The number of aromatic nitrogens is 1. The quantitative estimate of drug-likeness (QED) is 0.378. The second-order valence-corrected chi connectivity index (χ2v) is 8.37. The number of ketones is 1. The monoisotopic (exact) mass is 442 g/mol. The maximum absolute atomic E-state index is 13.6. The SMILES string of the molecule is CC1Cc2cc(/C([O-])=C3\C(=O)C(=O)N(Cc4ccc[nH+]c4)C3c3cccc(O)c3)ccc2O1. The van der Waals surface area contributed by atoms with Crippen molar-refractivity contribution in [3.63, 3.8) is 0 Å². The molecule has 1 aromatic heterocycles. The van der Waals surface area contributed by atoms with Gasteiger partial charge in [-0.1, -0.05) is 24.0 Å². The number of amides is 1. The van der Waals surface area contributed by atoms with Crippen molar-refractivity contribution in [1.82, 2.24) is 4.90 Å². The molecule has 7 nitrogen and oxygen atoms in total. The van der Waals surface area contributed by atoms with Gasteiger partial charge in [-0.25, -0.2) is 4.98 Å². The Hall–Kier alpha value is -4.13. The molecule has 1 fully saturated rings. The maximum Gasteiger partial charge on any atom is 0.295 e. The molecule has 5 rings (SSSR count). The first-order valence-electron chi connectivity index (χ1n) is 10.7. The number of hydrogen-bond acceptors (Lipinski definition) is 5. The molecule has 2 aromatic carbocycles. The van der Waals surface area contributed by atoms with Crippen molar-refractivity contribution in [1.29, 1.82) is 0 Å². The number of nitrogens with zero attached hydrogens (tertiary/aromatic N) is 1. The molecule has 1 amide bonds. The molecule has 0 spiro atoms. The van der Waals surface area contributed by atoms with Crippen LogP contribution in [0.5, 0.6) is 11.5 Å². The smallest absolute Gasteiger partial charge is 0.295 e. The molecule has 3 aromatic rings. The van der Waals surface area contributed by atoms with Crippen molar-refractivity contribution in [3.8, 4) is 11.5 Å². The largest absolute Gasteiger partial charge is 0.872 e. The third kappa shape index (κ3) is 3.71. The van der Waals surface area contributed by atoms with Crippen molar-refractivity contribution in [3.05, 3.63) is 94.8 Å². The van der Waals surface area contributed by atoms with E-state index in [-0.39, 0.29) is 24.0 Å². The number of pyridine rings is 1. The summed E-state index contributed by atoms with van der Waals surface area (Å²) in [4.78, 5) is 30.5. The summed E-state index contributed by atoms with van der Waals surface area (Å²) in [5.41, 5.74) is 2.40. The van der Waals surface area contributed by atoms with Crippen LogP contribution in [0.15, 0.2) is 72.6 Å². The molecule has 0 saturated carbocycles. The van der Waals surface area contributed by atoms with Crippen LogP contribution in [0.2, 0.25) is 0 Å². The summed E-state index contributed by atoms with van der Waals surface area (Å²) in [7, 11) is 0. The maximum atomic E-state index is 13.6. The van der Waals surface area contributed by atoms with Gasteiger partial charge in [-0.15, -0.1) is 0 Å². The molecule has 2 aliphatic rings. The van der Waals surface area contributed by atoms with E-state index in [2.05, 4.69) is 4.98 Å². The van der Waals surface area contributed by atoms with Crippen LogP contribution in [0.25, 0.3) is 5.76 Å². The highest BCUT2D eigenvalue weighted by atomic mass is 16.5. The number of hydrogen-bond donors (Lipinski definition) is 1. The van der Waals surface area contributed by atoms with E-state index < -0.39 is 23.5 Å². The first kappa shape index (κ1) is 20.8. The van der Waals surface area contributed by atoms with Crippen LogP contribution < -0.4 is 14.8 Å². The Morgan fingerprint density at radius 1 is 1.18 bits per heavy atom. The van der Waals surface area contributed by atoms with Gasteiger partial charge in [-0.2, -0.15) is 0 Å². The van der Waals surface area contributed by atoms with E-state index >= 15 is 0 Å². The van der Waals surface area contributed by atoms with Crippen molar-refractivity contribution in [2.45, 2.75) is 32.0 Å². The number of likely N-dealkylation sites (tertiary alicyclic amines) is 1. The summed E-state index contributed by atoms with van der Waals surface area (Å²) in [6.07, 6.45) is 4.17. The Morgan fingerprint density at radius 2 is 2.03 bits per heavy atom. The fourth-order valence-electron chi connectivity index (χ4n) is 4.52. The summed E-state index contributed by atoms with van der Waals surface area (Å²) >= 11 is 0. The number of rotatable bonds is 4. The van der Waals surface area contributed by atoms with Crippen LogP contribution in [0.3, 0.4) is 0 Å². The minimum atomic E-state index is -0.909. The number of fused-ring (bicyclic) bond motifs is 1. The van der Waals surface area contributed by atoms with E-state index in [0.717, 1.165) is 16.9 Å². The molecule has 2 N–H and O–H groups in total. The van der Waals surface area contributed by atoms with Gasteiger partial charge in [0.1, 0.15) is 17.6 Å². The number of ether oxygens (including phenoxy) is 1. The molecule has 33 heavy (non-hydrogen) atoms. The lowest BCUT2D eigenvalue weighted by Crippen LogP contribution is -2.29. The summed E-state index contributed by atoms with van der Waals surface area (Å²) in [6.45, 7) is 2.08. The summed E-state index contributed by atoms with van der Waals surface area (Å²) in [5.74, 6) is -1.34. The summed E-state index contributed by atoms with van der Waals surface area (Å²) in [6, 6.07) is 14.1. The zero-order valence-electron chi connectivity index (χ0n) is 17.9. The van der Waals surface area contributed by atoms with Crippen molar-refractivity contribution in [2.75, 3.05) is 0 Å². The molecule has 2 aliphatic heterocycles. The zero-order chi connectivity index (χ0) is 23.1. The van der Waals surface area contributed by atoms with E-state index in [1.807, 2.05) is 13.0 Å². The molecule has 166 valence electrons. The normalized spacial score (nSPS) is 21.2. The minimum absolute atomic E-state index is 0.0113. The van der Waals surface area contributed by atoms with E-state index in [1.165, 1.54) is 17.0 Å². The average molecular weight is 442 g/mol. The van der Waals surface area contributed by atoms with Crippen LogP contribution >= 0.6 is 0 Å². The second-order valence-electron chi connectivity index (χ2n) is 8.37. The van der Waals surface area contributed by atoms with E-state index in [1.54, 1.807) is 48.8 Å². The molecule has 0 bridgehead atoms. The van der Waals surface area contributed by atoms with Crippen molar-refractivity contribution in [2.24, 2.45) is 0 Å². The summed E-state index contributed by atoms with van der Waals surface area (Å²) in [5, 5.41) is 23.7. The Balaban J connectivity index is 1.64. The third-order valence-electron chi connectivity index (χ3n) is 6.00. The number of benzene rings is 2. The number of carbonyl (C=O) groups is 2. The van der Waals surface area contributed by atoms with E-state index in [9.17, 15) is 19.8 Å². The molecule has 7 heteroatoms. The standard InChI is InChI=1S/C26H22N2O5/c1-15-10-19-11-18(7-8-21(19)33-15)24(30)22-23(17-5-2-6-20(29)12-17)28(26(32)25(22)31)14-16-4-3-9-27-13-16/h2-9,11-13,15,23,29-30H,10,14H2,1H3/b24-22+. The van der Waals surface area contributed by atoms with Gasteiger partial charge in [-0.3, -0.25) is 9.59 Å². The van der Waals surface area contributed by atoms with Crippen LogP contribution in [0, 0.1) is 0 Å². The predicted octanol–water partition coefficient (Wildman–Crippen LogP) is 1.95. The fourth-order valence-corrected chi connectivity index (χ4v) is 4.52. The zero-order valence-corrected chi connectivity index (χ0v) is 17.9. The molecule has 2 atom stereocenters. The molecular formula is C26H22N2O5. The number of H-pyrrole nitrogens is 1. The lowest BCUT2D eigenvalue weighted by Gasteiger charge is -2.27. The van der Waals surface area contributed by atoms with Gasteiger partial charge in [0.15, 0.2) is 12.4 Å². The third-order valence-corrected chi connectivity index (χ3v) is 6.00. The number of aromatic amines is 1. The Bertz CT molecular complexity index is 1280.